The van der Waals surface area contributed by atoms with Crippen molar-refractivity contribution in [1.82, 2.24) is 10.6 Å². The Kier molecular flexibility index (Phi) is 6.40. The first-order chi connectivity index (χ1) is 10.7. The highest BCUT2D eigenvalue weighted by molar-refractivity contribution is 5.76. The van der Waals surface area contributed by atoms with E-state index in [4.69, 9.17) is 4.74 Å². The number of nitrogens with one attached hydrogen (secondary N) is 2. The molecule has 1 aromatic rings. The van der Waals surface area contributed by atoms with Crippen LogP contribution in [-0.2, 0) is 9.53 Å². The van der Waals surface area contributed by atoms with E-state index in [2.05, 4.69) is 29.7 Å². The van der Waals surface area contributed by atoms with Crippen molar-refractivity contribution in [2.45, 2.75) is 32.1 Å². The first-order valence-corrected chi connectivity index (χ1v) is 8.16. The smallest absolute Gasteiger partial charge is 0.220 e. The highest BCUT2D eigenvalue weighted by atomic mass is 16.5. The van der Waals surface area contributed by atoms with Gasteiger partial charge in [-0.3, -0.25) is 4.79 Å². The maximum absolute atomic E-state index is 12.2. The molecule has 4 nitrogen and oxygen atoms in total. The summed E-state index contributed by atoms with van der Waals surface area (Å²) in [6.45, 7) is 5.52. The zero-order valence-corrected chi connectivity index (χ0v) is 13.7. The fourth-order valence-corrected chi connectivity index (χ4v) is 3.17. The maximum Gasteiger partial charge on any atom is 0.220 e. The Morgan fingerprint density at radius 1 is 1.32 bits per heavy atom. The van der Waals surface area contributed by atoms with Crippen LogP contribution >= 0.6 is 0 Å². The predicted octanol–water partition coefficient (Wildman–Crippen LogP) is 2.31. The molecular formula is C18H28N2O2. The third-order valence-corrected chi connectivity index (χ3v) is 4.64. The van der Waals surface area contributed by atoms with Crippen LogP contribution < -0.4 is 10.6 Å². The summed E-state index contributed by atoms with van der Waals surface area (Å²) in [7, 11) is 1.74. The molecule has 0 saturated carbocycles. The number of amides is 1. The number of carbonyl (C=O) groups is 1. The van der Waals surface area contributed by atoms with E-state index in [-0.39, 0.29) is 17.2 Å². The van der Waals surface area contributed by atoms with Gasteiger partial charge in [-0.05, 0) is 37.4 Å². The Bertz CT molecular complexity index is 450. The van der Waals surface area contributed by atoms with Crippen molar-refractivity contribution in [3.8, 4) is 0 Å². The molecule has 122 valence electrons. The van der Waals surface area contributed by atoms with E-state index >= 15 is 0 Å². The van der Waals surface area contributed by atoms with Gasteiger partial charge in [-0.2, -0.15) is 0 Å². The number of ether oxygens (including phenoxy) is 1. The molecule has 0 radical (unpaired) electrons. The summed E-state index contributed by atoms with van der Waals surface area (Å²) < 4.78 is 5.39. The van der Waals surface area contributed by atoms with E-state index in [0.29, 0.717) is 19.6 Å². The molecule has 1 heterocycles. The fourth-order valence-electron chi connectivity index (χ4n) is 3.17. The summed E-state index contributed by atoms with van der Waals surface area (Å²) in [5.41, 5.74) is 1.30. The molecule has 1 amide bonds. The largest absolute Gasteiger partial charge is 0.384 e. The third-order valence-electron chi connectivity index (χ3n) is 4.64. The number of piperidine rings is 1. The Morgan fingerprint density at radius 2 is 2.00 bits per heavy atom. The van der Waals surface area contributed by atoms with Crippen LogP contribution in [0.1, 0.15) is 37.7 Å². The maximum atomic E-state index is 12.2. The number of rotatable bonds is 7. The van der Waals surface area contributed by atoms with E-state index in [0.717, 1.165) is 25.9 Å². The van der Waals surface area contributed by atoms with E-state index in [1.165, 1.54) is 5.56 Å². The highest BCUT2D eigenvalue weighted by Crippen LogP contribution is 2.28. The van der Waals surface area contributed by atoms with Crippen molar-refractivity contribution in [3.05, 3.63) is 35.9 Å². The first-order valence-electron chi connectivity index (χ1n) is 8.16. The molecule has 1 unspecified atom stereocenters. The van der Waals surface area contributed by atoms with Gasteiger partial charge in [0.15, 0.2) is 0 Å². The normalized spacial score (nSPS) is 18.6. The molecule has 1 aromatic carbocycles. The predicted molar refractivity (Wildman–Crippen MR) is 88.9 cm³/mol. The fraction of sp³-hybridized carbons (Fsp3) is 0.611. The van der Waals surface area contributed by atoms with Crippen molar-refractivity contribution in [2.75, 3.05) is 33.4 Å². The summed E-state index contributed by atoms with van der Waals surface area (Å²) in [5, 5.41) is 6.50. The molecule has 1 saturated heterocycles. The minimum absolute atomic E-state index is 0.0889. The van der Waals surface area contributed by atoms with Crippen LogP contribution in [0.3, 0.4) is 0 Å². The molecule has 0 bridgehead atoms. The van der Waals surface area contributed by atoms with Crippen molar-refractivity contribution in [3.63, 3.8) is 0 Å². The molecule has 1 aliphatic heterocycles. The average Bonchev–Trinajstić information content (AvgIpc) is 2.55. The molecule has 0 aromatic heterocycles. The van der Waals surface area contributed by atoms with Crippen LogP contribution in [-0.4, -0.2) is 39.3 Å². The molecule has 4 heteroatoms. The lowest BCUT2D eigenvalue weighted by Crippen LogP contribution is -2.47. The zero-order valence-electron chi connectivity index (χ0n) is 13.7. The van der Waals surface area contributed by atoms with Gasteiger partial charge in [0, 0.05) is 25.5 Å². The molecular weight excluding hydrogens is 276 g/mol. The zero-order chi connectivity index (χ0) is 15.8. The minimum Gasteiger partial charge on any atom is -0.384 e. The molecule has 1 aliphatic rings. The van der Waals surface area contributed by atoms with Crippen molar-refractivity contribution >= 4 is 5.91 Å². The van der Waals surface area contributed by atoms with Gasteiger partial charge in [0.05, 0.1) is 6.61 Å². The second-order valence-electron chi connectivity index (χ2n) is 6.48. The van der Waals surface area contributed by atoms with Crippen LogP contribution in [0.15, 0.2) is 30.3 Å². The number of hydrogen-bond donors (Lipinski definition) is 2. The first kappa shape index (κ1) is 17.0. The van der Waals surface area contributed by atoms with Gasteiger partial charge >= 0.3 is 0 Å². The summed E-state index contributed by atoms with van der Waals surface area (Å²) in [4.78, 5) is 12.2. The monoisotopic (exact) mass is 304 g/mol. The number of methoxy groups -OCH3 is 1. The molecule has 2 N–H and O–H groups in total. The van der Waals surface area contributed by atoms with Gasteiger partial charge in [-0.25, -0.2) is 0 Å². The standard InChI is InChI=1S/C18H28N2O2/c1-15(16-6-4-3-5-7-16)12-17(21)20-13-18(14-22-2)8-10-19-11-9-18/h3-7,15,19H,8-14H2,1-2H3,(H,20,21). The lowest BCUT2D eigenvalue weighted by molar-refractivity contribution is -0.122. The lowest BCUT2D eigenvalue weighted by Gasteiger charge is -2.37. The SMILES string of the molecule is COCC1(CNC(=O)CC(C)c2ccccc2)CCNCC1. The number of carbonyl (C=O) groups excluding carboxylic acids is 1. The van der Waals surface area contributed by atoms with Crippen LogP contribution in [0.5, 0.6) is 0 Å². The van der Waals surface area contributed by atoms with Crippen LogP contribution in [0.4, 0.5) is 0 Å². The molecule has 1 atom stereocenters. The summed E-state index contributed by atoms with van der Waals surface area (Å²) in [6, 6.07) is 10.2. The minimum atomic E-state index is 0.0889. The Morgan fingerprint density at radius 3 is 2.64 bits per heavy atom. The summed E-state index contributed by atoms with van der Waals surface area (Å²) in [6.07, 6.45) is 2.63. The molecule has 22 heavy (non-hydrogen) atoms. The van der Waals surface area contributed by atoms with Crippen molar-refractivity contribution in [1.29, 1.82) is 0 Å². The molecule has 2 rings (SSSR count). The topological polar surface area (TPSA) is 50.4 Å². The second-order valence-corrected chi connectivity index (χ2v) is 6.48. The van der Waals surface area contributed by atoms with E-state index < -0.39 is 0 Å². The van der Waals surface area contributed by atoms with Gasteiger partial charge in [0.25, 0.3) is 0 Å². The Hall–Kier alpha value is -1.39. The molecule has 0 spiro atoms. The summed E-state index contributed by atoms with van der Waals surface area (Å²) in [5.74, 6) is 0.373. The average molecular weight is 304 g/mol. The lowest BCUT2D eigenvalue weighted by atomic mass is 9.79. The van der Waals surface area contributed by atoms with E-state index in [1.807, 2.05) is 18.2 Å². The molecule has 1 fully saturated rings. The Balaban J connectivity index is 1.83. The Labute approximate surface area is 133 Å². The second kappa shape index (κ2) is 8.30. The number of benzene rings is 1. The summed E-state index contributed by atoms with van der Waals surface area (Å²) >= 11 is 0. The van der Waals surface area contributed by atoms with E-state index in [1.54, 1.807) is 7.11 Å². The van der Waals surface area contributed by atoms with Crippen molar-refractivity contribution < 1.29 is 9.53 Å². The van der Waals surface area contributed by atoms with Gasteiger partial charge in [0.1, 0.15) is 0 Å². The van der Waals surface area contributed by atoms with Gasteiger partial charge in [-0.1, -0.05) is 37.3 Å². The number of hydrogen-bond acceptors (Lipinski definition) is 3. The quantitative estimate of drug-likeness (QED) is 0.813. The van der Waals surface area contributed by atoms with Gasteiger partial charge in [0.2, 0.25) is 5.91 Å². The van der Waals surface area contributed by atoms with Crippen LogP contribution in [0.2, 0.25) is 0 Å². The third kappa shape index (κ3) is 4.82. The highest BCUT2D eigenvalue weighted by Gasteiger charge is 2.32. The van der Waals surface area contributed by atoms with Gasteiger partial charge in [-0.15, -0.1) is 0 Å². The van der Waals surface area contributed by atoms with Crippen LogP contribution in [0, 0.1) is 5.41 Å². The molecule has 0 aliphatic carbocycles. The van der Waals surface area contributed by atoms with E-state index in [9.17, 15) is 4.79 Å². The van der Waals surface area contributed by atoms with Crippen LogP contribution in [0.25, 0.3) is 0 Å². The van der Waals surface area contributed by atoms with Gasteiger partial charge < -0.3 is 15.4 Å². The van der Waals surface area contributed by atoms with Crippen molar-refractivity contribution in [2.24, 2.45) is 5.41 Å².